The number of primary sulfonamides is 1. The van der Waals surface area contributed by atoms with E-state index in [0.717, 1.165) is 29.1 Å². The lowest BCUT2D eigenvalue weighted by atomic mass is 9.95. The number of para-hydroxylation sites is 1. The van der Waals surface area contributed by atoms with E-state index in [2.05, 4.69) is 10.3 Å². The van der Waals surface area contributed by atoms with Crippen LogP contribution in [0.3, 0.4) is 0 Å². The largest absolute Gasteiger partial charge is 0.346 e. The van der Waals surface area contributed by atoms with Gasteiger partial charge in [0.05, 0.1) is 22.1 Å². The number of carbonyl (C=O) groups excluding carboxylic acids is 1. The minimum absolute atomic E-state index is 0.0527. The first kappa shape index (κ1) is 28.8. The average Bonchev–Trinajstić information content (AvgIpc) is 2.94. The number of sulfonamides is 1. The normalized spacial score (nSPS) is 12.3. The number of halogens is 2. The van der Waals surface area contributed by atoms with Crippen LogP contribution in [0.1, 0.15) is 22.9 Å². The predicted molar refractivity (Wildman–Crippen MR) is 155 cm³/mol. The third-order valence-electron chi connectivity index (χ3n) is 6.87. The van der Waals surface area contributed by atoms with E-state index in [-0.39, 0.29) is 29.0 Å². The summed E-state index contributed by atoms with van der Waals surface area (Å²) in [7, 11) is -4.01. The maximum atomic E-state index is 14.1. The zero-order valence-corrected chi connectivity index (χ0v) is 23.2. The van der Waals surface area contributed by atoms with E-state index in [9.17, 15) is 26.8 Å². The zero-order valence-electron chi connectivity index (χ0n) is 22.4. The molecule has 0 bridgehead atoms. The summed E-state index contributed by atoms with van der Waals surface area (Å²) in [5, 5.41) is 9.03. The number of nitrogens with two attached hydrogens (primary N) is 1. The molecule has 1 atom stereocenters. The van der Waals surface area contributed by atoms with Crippen molar-refractivity contribution >= 4 is 26.8 Å². The van der Waals surface area contributed by atoms with E-state index < -0.39 is 33.6 Å². The highest BCUT2D eigenvalue weighted by Gasteiger charge is 2.23. The van der Waals surface area contributed by atoms with Crippen LogP contribution in [-0.4, -0.2) is 23.9 Å². The van der Waals surface area contributed by atoms with Crippen molar-refractivity contribution < 1.29 is 22.0 Å². The third kappa shape index (κ3) is 6.27. The summed E-state index contributed by atoms with van der Waals surface area (Å²) in [4.78, 5) is 30.7. The van der Waals surface area contributed by atoms with E-state index >= 15 is 0 Å². The Balaban J connectivity index is 1.56. The molecule has 0 saturated carbocycles. The van der Waals surface area contributed by atoms with E-state index in [1.54, 1.807) is 30.3 Å². The highest BCUT2D eigenvalue weighted by Crippen LogP contribution is 2.30. The van der Waals surface area contributed by atoms with Crippen molar-refractivity contribution in [3.63, 3.8) is 0 Å². The monoisotopic (exact) mass is 588 g/mol. The van der Waals surface area contributed by atoms with Gasteiger partial charge in [0.1, 0.15) is 18.2 Å². The molecule has 0 aliphatic carbocycles. The van der Waals surface area contributed by atoms with Crippen molar-refractivity contribution in [2.45, 2.75) is 30.8 Å². The number of aryl methyl sites for hydroxylation is 1. The van der Waals surface area contributed by atoms with Gasteiger partial charge in [-0.3, -0.25) is 19.1 Å². The SMILES string of the molecule is Cc1cc(=O)n(CC(=O)N[C@@H](Cc2cc(F)cc(F)c2)c2ncccc2-c2cccc(S(N)(=O)=O)c2)c2ccccc12. The van der Waals surface area contributed by atoms with Crippen LogP contribution in [0.2, 0.25) is 0 Å². The van der Waals surface area contributed by atoms with Crippen LogP contribution in [0.4, 0.5) is 8.78 Å². The lowest BCUT2D eigenvalue weighted by Gasteiger charge is -2.22. The smallest absolute Gasteiger partial charge is 0.251 e. The Labute approximate surface area is 240 Å². The minimum atomic E-state index is -4.01. The highest BCUT2D eigenvalue weighted by molar-refractivity contribution is 7.89. The van der Waals surface area contributed by atoms with Crippen LogP contribution in [0.15, 0.2) is 101 Å². The second-order valence-electron chi connectivity index (χ2n) is 9.88. The Kier molecular flexibility index (Phi) is 7.97. The van der Waals surface area contributed by atoms with Crippen molar-refractivity contribution in [3.8, 4) is 11.1 Å². The number of fused-ring (bicyclic) bond motifs is 1. The number of nitrogens with zero attached hydrogens (tertiary/aromatic N) is 2. The zero-order chi connectivity index (χ0) is 30.0. The summed E-state index contributed by atoms with van der Waals surface area (Å²) in [5.41, 5.74) is 2.51. The summed E-state index contributed by atoms with van der Waals surface area (Å²) in [5.74, 6) is -2.10. The fourth-order valence-electron chi connectivity index (χ4n) is 5.01. The quantitative estimate of drug-likeness (QED) is 0.278. The van der Waals surface area contributed by atoms with Gasteiger partial charge in [0.25, 0.3) is 5.56 Å². The van der Waals surface area contributed by atoms with Gasteiger partial charge in [-0.2, -0.15) is 0 Å². The molecule has 3 aromatic carbocycles. The standard InChI is InChI=1S/C31H26F2N4O4S/c1-19-12-30(39)37(28-10-3-2-8-25(19)28)18-29(38)36-27(15-20-13-22(32)17-23(33)14-20)31-26(9-5-11-35-31)21-6-4-7-24(16-21)42(34,40)41/h2-14,16-17,27H,15,18H2,1H3,(H,36,38)(H2,34,40,41)/t27-/m0/s1. The van der Waals surface area contributed by atoms with Crippen molar-refractivity contribution in [3.05, 3.63) is 130 Å². The molecule has 5 aromatic rings. The number of nitrogens with one attached hydrogen (secondary N) is 1. The van der Waals surface area contributed by atoms with Gasteiger partial charge in [-0.05, 0) is 66.4 Å². The van der Waals surface area contributed by atoms with E-state index in [0.29, 0.717) is 22.3 Å². The molecule has 0 spiro atoms. The van der Waals surface area contributed by atoms with Gasteiger partial charge in [0.15, 0.2) is 0 Å². The molecule has 0 aliphatic rings. The van der Waals surface area contributed by atoms with Gasteiger partial charge in [0.2, 0.25) is 15.9 Å². The van der Waals surface area contributed by atoms with Crippen LogP contribution < -0.4 is 16.0 Å². The highest BCUT2D eigenvalue weighted by atomic mass is 32.2. The van der Waals surface area contributed by atoms with Gasteiger partial charge in [-0.1, -0.05) is 36.4 Å². The molecule has 0 unspecified atom stereocenters. The van der Waals surface area contributed by atoms with E-state index in [4.69, 9.17) is 5.14 Å². The molecular formula is C31H26F2N4O4S. The van der Waals surface area contributed by atoms with Crippen LogP contribution in [0.25, 0.3) is 22.0 Å². The fraction of sp³-hybridized carbons (Fsp3) is 0.129. The Bertz CT molecular complexity index is 1970. The molecule has 8 nitrogen and oxygen atoms in total. The number of pyridine rings is 2. The fourth-order valence-corrected chi connectivity index (χ4v) is 5.57. The molecule has 2 aromatic heterocycles. The molecule has 0 radical (unpaired) electrons. The lowest BCUT2D eigenvalue weighted by molar-refractivity contribution is -0.122. The van der Waals surface area contributed by atoms with Gasteiger partial charge >= 0.3 is 0 Å². The lowest BCUT2D eigenvalue weighted by Crippen LogP contribution is -2.36. The van der Waals surface area contributed by atoms with E-state index in [1.165, 1.54) is 35.0 Å². The van der Waals surface area contributed by atoms with Gasteiger partial charge < -0.3 is 5.32 Å². The Morgan fingerprint density at radius 3 is 2.45 bits per heavy atom. The van der Waals surface area contributed by atoms with Crippen molar-refractivity contribution in [1.82, 2.24) is 14.9 Å². The summed E-state index contributed by atoms with van der Waals surface area (Å²) >= 11 is 0. The Morgan fingerprint density at radius 2 is 1.71 bits per heavy atom. The molecule has 0 aliphatic heterocycles. The van der Waals surface area contributed by atoms with Gasteiger partial charge in [-0.25, -0.2) is 22.3 Å². The number of aromatic nitrogens is 2. The predicted octanol–water partition coefficient (Wildman–Crippen LogP) is 4.40. The summed E-state index contributed by atoms with van der Waals surface area (Å²) in [6, 6.07) is 20.1. The Hall–Kier alpha value is -4.74. The van der Waals surface area contributed by atoms with Gasteiger partial charge in [0, 0.05) is 29.3 Å². The van der Waals surface area contributed by atoms with E-state index in [1.807, 2.05) is 19.1 Å². The molecule has 0 fully saturated rings. The van der Waals surface area contributed by atoms with Crippen LogP contribution >= 0.6 is 0 Å². The molecule has 2 heterocycles. The molecule has 42 heavy (non-hydrogen) atoms. The number of rotatable bonds is 8. The molecule has 214 valence electrons. The first-order valence-corrected chi connectivity index (χ1v) is 14.5. The first-order chi connectivity index (χ1) is 20.0. The molecule has 0 saturated heterocycles. The second kappa shape index (κ2) is 11.6. The minimum Gasteiger partial charge on any atom is -0.346 e. The van der Waals surface area contributed by atoms with Crippen molar-refractivity contribution in [1.29, 1.82) is 0 Å². The second-order valence-corrected chi connectivity index (χ2v) is 11.4. The maximum Gasteiger partial charge on any atom is 0.251 e. The number of hydrogen-bond donors (Lipinski definition) is 2. The molecular weight excluding hydrogens is 562 g/mol. The third-order valence-corrected chi connectivity index (χ3v) is 7.78. The molecule has 3 N–H and O–H groups in total. The topological polar surface area (TPSA) is 124 Å². The Morgan fingerprint density at radius 1 is 0.976 bits per heavy atom. The van der Waals surface area contributed by atoms with Crippen LogP contribution in [0, 0.1) is 18.6 Å². The summed E-state index contributed by atoms with van der Waals surface area (Å²) in [6.45, 7) is 1.49. The molecule has 1 amide bonds. The molecule has 5 rings (SSSR count). The number of amides is 1. The van der Waals surface area contributed by atoms with Gasteiger partial charge in [-0.15, -0.1) is 0 Å². The van der Waals surface area contributed by atoms with Crippen molar-refractivity contribution in [2.75, 3.05) is 0 Å². The van der Waals surface area contributed by atoms with Crippen LogP contribution in [0.5, 0.6) is 0 Å². The number of carbonyl (C=O) groups is 1. The molecule has 11 heteroatoms. The summed E-state index contributed by atoms with van der Waals surface area (Å²) < 4.78 is 53.6. The first-order valence-electron chi connectivity index (χ1n) is 12.9. The number of benzene rings is 3. The van der Waals surface area contributed by atoms with Crippen LogP contribution in [-0.2, 0) is 27.8 Å². The van der Waals surface area contributed by atoms with Crippen molar-refractivity contribution in [2.24, 2.45) is 5.14 Å². The average molecular weight is 589 g/mol. The maximum absolute atomic E-state index is 14.1. The summed E-state index contributed by atoms with van der Waals surface area (Å²) in [6.07, 6.45) is 1.44. The number of hydrogen-bond acceptors (Lipinski definition) is 5.